The van der Waals surface area contributed by atoms with Gasteiger partial charge in [0.25, 0.3) is 5.22 Å². The summed E-state index contributed by atoms with van der Waals surface area (Å²) in [6.07, 6.45) is 3.53. The molecule has 0 spiro atoms. The van der Waals surface area contributed by atoms with Crippen molar-refractivity contribution < 1.29 is 9.21 Å². The number of amides is 1. The van der Waals surface area contributed by atoms with E-state index in [2.05, 4.69) is 20.4 Å². The number of nitrogens with zero attached hydrogens (tertiary/aromatic N) is 3. The van der Waals surface area contributed by atoms with Gasteiger partial charge in [0.2, 0.25) is 11.8 Å². The molecule has 0 unspecified atom stereocenters. The molecule has 1 amide bonds. The van der Waals surface area contributed by atoms with Gasteiger partial charge < -0.3 is 14.6 Å². The summed E-state index contributed by atoms with van der Waals surface area (Å²) >= 11 is 7.61. The Bertz CT molecular complexity index is 716. The largest absolute Gasteiger partial charge is 0.416 e. The third-order valence-electron chi connectivity index (χ3n) is 3.77. The first-order valence-corrected chi connectivity index (χ1v) is 9.26. The lowest BCUT2D eigenvalue weighted by molar-refractivity contribution is -0.113. The van der Waals surface area contributed by atoms with E-state index in [0.29, 0.717) is 16.1 Å². The molecule has 1 fully saturated rings. The molecule has 0 radical (unpaired) electrons. The van der Waals surface area contributed by atoms with E-state index in [-0.39, 0.29) is 11.7 Å². The Morgan fingerprint density at radius 2 is 2.12 bits per heavy atom. The minimum atomic E-state index is -0.128. The van der Waals surface area contributed by atoms with Crippen LogP contribution in [0.2, 0.25) is 5.02 Å². The Labute approximate surface area is 150 Å². The summed E-state index contributed by atoms with van der Waals surface area (Å²) in [4.78, 5) is 14.5. The summed E-state index contributed by atoms with van der Waals surface area (Å²) in [6.45, 7) is 3.64. The summed E-state index contributed by atoms with van der Waals surface area (Å²) < 4.78 is 5.25. The molecule has 24 heavy (non-hydrogen) atoms. The lowest BCUT2D eigenvalue weighted by Gasteiger charge is -2.31. The number of thioether (sulfide) groups is 1. The molecule has 128 valence electrons. The molecule has 1 aromatic heterocycles. The van der Waals surface area contributed by atoms with Crippen LogP contribution in [0.15, 0.2) is 27.8 Å². The molecule has 0 aliphatic carbocycles. The predicted molar refractivity (Wildman–Crippen MR) is 95.9 cm³/mol. The molecular formula is C16H19ClN4O2S. The lowest BCUT2D eigenvalue weighted by atomic mass is 10.1. The SMILES string of the molecule is Cc1nnc(SCC(=O)Nc2cccc(Cl)c2N2CCCCC2)o1. The van der Waals surface area contributed by atoms with Crippen molar-refractivity contribution in [3.05, 3.63) is 29.1 Å². The Kier molecular flexibility index (Phi) is 5.63. The first-order valence-electron chi connectivity index (χ1n) is 7.90. The molecule has 0 saturated carbocycles. The minimum absolute atomic E-state index is 0.128. The Morgan fingerprint density at radius 1 is 1.33 bits per heavy atom. The van der Waals surface area contributed by atoms with Crippen LogP contribution in [0, 0.1) is 6.92 Å². The number of aromatic nitrogens is 2. The van der Waals surface area contributed by atoms with Crippen molar-refractivity contribution in [2.24, 2.45) is 0 Å². The Hall–Kier alpha value is -1.73. The van der Waals surface area contributed by atoms with Crippen molar-refractivity contribution in [3.8, 4) is 0 Å². The summed E-state index contributed by atoms with van der Waals surface area (Å²) in [5, 5.41) is 11.6. The number of halogens is 1. The number of carbonyl (C=O) groups excluding carboxylic acids is 1. The van der Waals surface area contributed by atoms with E-state index in [0.717, 1.165) is 37.3 Å². The van der Waals surface area contributed by atoms with Crippen molar-refractivity contribution in [1.29, 1.82) is 0 Å². The minimum Gasteiger partial charge on any atom is -0.416 e. The van der Waals surface area contributed by atoms with Gasteiger partial charge in [-0.3, -0.25) is 4.79 Å². The van der Waals surface area contributed by atoms with E-state index in [4.69, 9.17) is 16.0 Å². The fourth-order valence-electron chi connectivity index (χ4n) is 2.71. The summed E-state index contributed by atoms with van der Waals surface area (Å²) in [7, 11) is 0. The zero-order chi connectivity index (χ0) is 16.9. The number of nitrogens with one attached hydrogen (secondary N) is 1. The second-order valence-electron chi connectivity index (χ2n) is 5.61. The van der Waals surface area contributed by atoms with Gasteiger partial charge in [0, 0.05) is 20.0 Å². The maximum Gasteiger partial charge on any atom is 0.277 e. The second kappa shape index (κ2) is 7.90. The van der Waals surface area contributed by atoms with Crippen molar-refractivity contribution >= 4 is 40.6 Å². The molecule has 2 heterocycles. The fraction of sp³-hybridized carbons (Fsp3) is 0.438. The van der Waals surface area contributed by atoms with Crippen LogP contribution in [0.3, 0.4) is 0 Å². The zero-order valence-corrected chi connectivity index (χ0v) is 15.0. The van der Waals surface area contributed by atoms with Crippen LogP contribution in [-0.2, 0) is 4.79 Å². The molecule has 1 aliphatic rings. The standard InChI is InChI=1S/C16H19ClN4O2S/c1-11-19-20-16(23-11)24-10-14(22)18-13-7-5-6-12(17)15(13)21-8-3-2-4-9-21/h5-7H,2-4,8-10H2,1H3,(H,18,22). The van der Waals surface area contributed by atoms with Gasteiger partial charge in [0.15, 0.2) is 0 Å². The molecule has 6 nitrogen and oxygen atoms in total. The lowest BCUT2D eigenvalue weighted by Crippen LogP contribution is -2.30. The van der Waals surface area contributed by atoms with Gasteiger partial charge in [0.1, 0.15) is 0 Å². The summed E-state index contributed by atoms with van der Waals surface area (Å²) in [6, 6.07) is 5.59. The summed E-state index contributed by atoms with van der Waals surface area (Å²) in [5.74, 6) is 0.560. The molecular weight excluding hydrogens is 348 g/mol. The number of benzene rings is 1. The average molecular weight is 367 g/mol. The van der Waals surface area contributed by atoms with Crippen LogP contribution in [0.25, 0.3) is 0 Å². The van der Waals surface area contributed by atoms with Gasteiger partial charge in [-0.2, -0.15) is 0 Å². The maximum absolute atomic E-state index is 12.3. The van der Waals surface area contributed by atoms with Gasteiger partial charge in [0.05, 0.1) is 22.2 Å². The van der Waals surface area contributed by atoms with Gasteiger partial charge in [-0.15, -0.1) is 10.2 Å². The highest BCUT2D eigenvalue weighted by molar-refractivity contribution is 7.99. The molecule has 8 heteroatoms. The number of piperidine rings is 1. The summed E-state index contributed by atoms with van der Waals surface area (Å²) in [5.41, 5.74) is 1.66. The molecule has 1 saturated heterocycles. The maximum atomic E-state index is 12.3. The molecule has 1 aromatic carbocycles. The molecule has 0 atom stereocenters. The van der Waals surface area contributed by atoms with Crippen LogP contribution in [0.5, 0.6) is 0 Å². The van der Waals surface area contributed by atoms with Gasteiger partial charge in [-0.05, 0) is 31.4 Å². The molecule has 1 aliphatic heterocycles. The Balaban J connectivity index is 1.67. The number of rotatable bonds is 5. The third kappa shape index (κ3) is 4.21. The number of anilines is 2. The van der Waals surface area contributed by atoms with Crippen LogP contribution in [0.4, 0.5) is 11.4 Å². The van der Waals surface area contributed by atoms with Crippen LogP contribution in [-0.4, -0.2) is 34.9 Å². The van der Waals surface area contributed by atoms with Crippen molar-refractivity contribution in [2.45, 2.75) is 31.4 Å². The second-order valence-corrected chi connectivity index (χ2v) is 6.94. The van der Waals surface area contributed by atoms with E-state index in [1.54, 1.807) is 6.92 Å². The molecule has 1 N–H and O–H groups in total. The highest BCUT2D eigenvalue weighted by atomic mass is 35.5. The van der Waals surface area contributed by atoms with E-state index < -0.39 is 0 Å². The van der Waals surface area contributed by atoms with Gasteiger partial charge in [-0.1, -0.05) is 29.4 Å². The average Bonchev–Trinajstić information content (AvgIpc) is 2.99. The normalized spacial score (nSPS) is 14.7. The molecule has 0 bridgehead atoms. The van der Waals surface area contributed by atoms with Crippen molar-refractivity contribution in [1.82, 2.24) is 10.2 Å². The predicted octanol–water partition coefficient (Wildman–Crippen LogP) is 3.75. The smallest absolute Gasteiger partial charge is 0.277 e. The quantitative estimate of drug-likeness (QED) is 0.812. The number of hydrogen-bond donors (Lipinski definition) is 1. The molecule has 2 aromatic rings. The monoisotopic (exact) mass is 366 g/mol. The zero-order valence-electron chi connectivity index (χ0n) is 13.4. The number of hydrogen-bond acceptors (Lipinski definition) is 6. The van der Waals surface area contributed by atoms with Crippen LogP contribution in [0.1, 0.15) is 25.2 Å². The van der Waals surface area contributed by atoms with Crippen LogP contribution < -0.4 is 10.2 Å². The number of carbonyl (C=O) groups is 1. The van der Waals surface area contributed by atoms with Gasteiger partial charge in [-0.25, -0.2) is 0 Å². The first-order chi connectivity index (χ1) is 11.6. The van der Waals surface area contributed by atoms with Crippen LogP contribution >= 0.6 is 23.4 Å². The first kappa shape index (κ1) is 17.1. The fourth-order valence-corrected chi connectivity index (χ4v) is 3.60. The molecule has 3 rings (SSSR count). The van der Waals surface area contributed by atoms with E-state index in [9.17, 15) is 4.79 Å². The van der Waals surface area contributed by atoms with Crippen molar-refractivity contribution in [3.63, 3.8) is 0 Å². The highest BCUT2D eigenvalue weighted by Gasteiger charge is 2.19. The third-order valence-corrected chi connectivity index (χ3v) is 4.89. The van der Waals surface area contributed by atoms with E-state index in [1.807, 2.05) is 18.2 Å². The highest BCUT2D eigenvalue weighted by Crippen LogP contribution is 2.35. The topological polar surface area (TPSA) is 71.3 Å². The number of para-hydroxylation sites is 1. The Morgan fingerprint density at radius 3 is 2.83 bits per heavy atom. The van der Waals surface area contributed by atoms with Crippen molar-refractivity contribution in [2.75, 3.05) is 29.1 Å². The van der Waals surface area contributed by atoms with E-state index in [1.165, 1.54) is 18.2 Å². The van der Waals surface area contributed by atoms with Gasteiger partial charge >= 0.3 is 0 Å². The van der Waals surface area contributed by atoms with E-state index >= 15 is 0 Å². The number of aryl methyl sites for hydroxylation is 1.